The van der Waals surface area contributed by atoms with E-state index in [0.29, 0.717) is 34.4 Å². The fourth-order valence-corrected chi connectivity index (χ4v) is 3.87. The molecule has 0 unspecified atom stereocenters. The van der Waals surface area contributed by atoms with Gasteiger partial charge in [-0.2, -0.15) is 5.10 Å². The number of benzene rings is 2. The fraction of sp³-hybridized carbons (Fsp3) is 0.160. The highest BCUT2D eigenvalue weighted by Gasteiger charge is 2.15. The predicted molar refractivity (Wildman–Crippen MR) is 125 cm³/mol. The molecule has 5 aromatic rings. The van der Waals surface area contributed by atoms with E-state index in [0.717, 1.165) is 23.2 Å². The Kier molecular flexibility index (Phi) is 5.15. The first kappa shape index (κ1) is 20.3. The second-order valence-corrected chi connectivity index (χ2v) is 8.11. The predicted octanol–water partition coefficient (Wildman–Crippen LogP) is 5.39. The van der Waals surface area contributed by atoms with Crippen molar-refractivity contribution in [3.63, 3.8) is 0 Å². The van der Waals surface area contributed by atoms with Gasteiger partial charge in [0.25, 0.3) is 5.56 Å². The summed E-state index contributed by atoms with van der Waals surface area (Å²) in [5.41, 5.74) is 4.88. The largest absolute Gasteiger partial charge is 0.441 e. The molecule has 5 rings (SSSR count). The van der Waals surface area contributed by atoms with Gasteiger partial charge in [0.1, 0.15) is 17.0 Å². The molecule has 32 heavy (non-hydrogen) atoms. The molecule has 0 aliphatic heterocycles. The summed E-state index contributed by atoms with van der Waals surface area (Å²) in [5.74, 6) is 1.15. The number of aryl methyl sites for hydroxylation is 2. The number of hydrogen-bond donors (Lipinski definition) is 0. The van der Waals surface area contributed by atoms with E-state index in [1.165, 1.54) is 5.56 Å². The van der Waals surface area contributed by atoms with Crippen LogP contribution in [0.1, 0.15) is 23.9 Å². The van der Waals surface area contributed by atoms with Crippen LogP contribution < -0.4 is 5.56 Å². The van der Waals surface area contributed by atoms with Gasteiger partial charge in [0.05, 0.1) is 12.2 Å². The van der Waals surface area contributed by atoms with Gasteiger partial charge in [0.15, 0.2) is 0 Å². The quantitative estimate of drug-likeness (QED) is 0.364. The zero-order chi connectivity index (χ0) is 22.2. The minimum absolute atomic E-state index is 0.136. The minimum Gasteiger partial charge on any atom is -0.441 e. The molecule has 0 aliphatic rings. The highest BCUT2D eigenvalue weighted by atomic mass is 35.5. The second kappa shape index (κ2) is 8.13. The van der Waals surface area contributed by atoms with Gasteiger partial charge in [0, 0.05) is 28.5 Å². The van der Waals surface area contributed by atoms with E-state index in [1.807, 2.05) is 37.3 Å². The Hall–Kier alpha value is -3.64. The van der Waals surface area contributed by atoms with Gasteiger partial charge in [-0.15, -0.1) is 0 Å². The van der Waals surface area contributed by atoms with Crippen LogP contribution in [0.4, 0.5) is 0 Å². The Morgan fingerprint density at radius 2 is 1.84 bits per heavy atom. The summed E-state index contributed by atoms with van der Waals surface area (Å²) in [7, 11) is 0. The van der Waals surface area contributed by atoms with Crippen LogP contribution in [0.15, 0.2) is 76.2 Å². The molecule has 0 fully saturated rings. The van der Waals surface area contributed by atoms with Crippen molar-refractivity contribution in [3.8, 4) is 22.7 Å². The molecule has 0 atom stereocenters. The smallest absolute Gasteiger partial charge is 0.276 e. The molecule has 2 aromatic carbocycles. The van der Waals surface area contributed by atoms with Crippen LogP contribution in [0.2, 0.25) is 5.02 Å². The minimum atomic E-state index is -0.136. The van der Waals surface area contributed by atoms with Crippen molar-refractivity contribution < 1.29 is 4.42 Å². The van der Waals surface area contributed by atoms with Crippen molar-refractivity contribution in [2.45, 2.75) is 26.8 Å². The van der Waals surface area contributed by atoms with Crippen molar-refractivity contribution in [2.24, 2.45) is 0 Å². The average Bonchev–Trinajstić information content (AvgIpc) is 3.40. The van der Waals surface area contributed by atoms with Gasteiger partial charge in [-0.1, -0.05) is 48.9 Å². The number of oxazole rings is 1. The summed E-state index contributed by atoms with van der Waals surface area (Å²) in [4.78, 5) is 17.7. The first-order valence-electron chi connectivity index (χ1n) is 10.4. The van der Waals surface area contributed by atoms with Crippen molar-refractivity contribution in [2.75, 3.05) is 0 Å². The summed E-state index contributed by atoms with van der Waals surface area (Å²) in [5, 5.41) is 5.19. The Labute approximate surface area is 189 Å². The van der Waals surface area contributed by atoms with Gasteiger partial charge < -0.3 is 8.98 Å². The zero-order valence-electron chi connectivity index (χ0n) is 17.7. The van der Waals surface area contributed by atoms with Crippen molar-refractivity contribution in [1.29, 1.82) is 0 Å². The molecule has 6 nitrogen and oxygen atoms in total. The molecule has 7 heteroatoms. The molecular formula is C25H21ClN4O2. The van der Waals surface area contributed by atoms with E-state index < -0.39 is 0 Å². The molecule has 0 aliphatic carbocycles. The lowest BCUT2D eigenvalue weighted by atomic mass is 10.1. The summed E-state index contributed by atoms with van der Waals surface area (Å²) in [6.07, 6.45) is 4.49. The van der Waals surface area contributed by atoms with E-state index in [9.17, 15) is 4.79 Å². The summed E-state index contributed by atoms with van der Waals surface area (Å²) in [6.45, 7) is 4.27. The molecule has 0 saturated carbocycles. The zero-order valence-corrected chi connectivity index (χ0v) is 18.5. The van der Waals surface area contributed by atoms with Gasteiger partial charge in [-0.05, 0) is 43.2 Å². The maximum atomic E-state index is 13.1. The molecule has 160 valence electrons. The van der Waals surface area contributed by atoms with Gasteiger partial charge >= 0.3 is 0 Å². The van der Waals surface area contributed by atoms with Crippen LogP contribution in [-0.4, -0.2) is 19.2 Å². The third-order valence-electron chi connectivity index (χ3n) is 5.55. The molecule has 0 saturated heterocycles. The first-order chi connectivity index (χ1) is 15.5. The Morgan fingerprint density at radius 3 is 2.59 bits per heavy atom. The third kappa shape index (κ3) is 3.74. The van der Waals surface area contributed by atoms with Crippen LogP contribution in [0.25, 0.3) is 28.2 Å². The topological polar surface area (TPSA) is 65.3 Å². The van der Waals surface area contributed by atoms with E-state index in [-0.39, 0.29) is 5.56 Å². The molecule has 0 bridgehead atoms. The van der Waals surface area contributed by atoms with Crippen molar-refractivity contribution in [1.82, 2.24) is 19.2 Å². The van der Waals surface area contributed by atoms with Crippen LogP contribution in [-0.2, 0) is 13.0 Å². The van der Waals surface area contributed by atoms with E-state index in [2.05, 4.69) is 29.1 Å². The number of hydrogen-bond acceptors (Lipinski definition) is 4. The lowest BCUT2D eigenvalue weighted by molar-refractivity contribution is 0.537. The summed E-state index contributed by atoms with van der Waals surface area (Å²) >= 11 is 6.09. The van der Waals surface area contributed by atoms with Crippen LogP contribution in [0.5, 0.6) is 0 Å². The maximum absolute atomic E-state index is 13.1. The second-order valence-electron chi connectivity index (χ2n) is 7.67. The first-order valence-corrected chi connectivity index (χ1v) is 10.8. The SMILES string of the molecule is CCc1ccc(-c2cc3c(=O)n(Cc4nc(-c5cccc(Cl)c5)oc4C)ccn3n2)cc1. The van der Waals surface area contributed by atoms with E-state index in [1.54, 1.807) is 33.6 Å². The number of fused-ring (bicyclic) bond motifs is 1. The lowest BCUT2D eigenvalue weighted by Gasteiger charge is -2.04. The average molecular weight is 445 g/mol. The Bertz CT molecular complexity index is 1480. The monoisotopic (exact) mass is 444 g/mol. The highest BCUT2D eigenvalue weighted by Crippen LogP contribution is 2.25. The van der Waals surface area contributed by atoms with Crippen molar-refractivity contribution in [3.05, 3.63) is 99.4 Å². The molecule has 3 heterocycles. The number of nitrogens with zero attached hydrogens (tertiary/aromatic N) is 4. The number of rotatable bonds is 5. The Balaban J connectivity index is 1.47. The number of aromatic nitrogens is 4. The molecule has 0 amide bonds. The Morgan fingerprint density at radius 1 is 1.03 bits per heavy atom. The summed E-state index contributed by atoms with van der Waals surface area (Å²) in [6, 6.07) is 17.4. The van der Waals surface area contributed by atoms with Gasteiger partial charge in [0.2, 0.25) is 5.89 Å². The normalized spacial score (nSPS) is 11.3. The molecule has 3 aromatic heterocycles. The van der Waals surface area contributed by atoms with Crippen LogP contribution in [0.3, 0.4) is 0 Å². The highest BCUT2D eigenvalue weighted by molar-refractivity contribution is 6.30. The molecular weight excluding hydrogens is 424 g/mol. The fourth-order valence-electron chi connectivity index (χ4n) is 3.68. The summed E-state index contributed by atoms with van der Waals surface area (Å²) < 4.78 is 9.07. The van der Waals surface area contributed by atoms with E-state index >= 15 is 0 Å². The number of halogens is 1. The lowest BCUT2D eigenvalue weighted by Crippen LogP contribution is -2.22. The third-order valence-corrected chi connectivity index (χ3v) is 5.78. The molecule has 0 N–H and O–H groups in total. The van der Waals surface area contributed by atoms with Gasteiger partial charge in [-0.3, -0.25) is 4.79 Å². The molecule has 0 radical (unpaired) electrons. The van der Waals surface area contributed by atoms with Gasteiger partial charge in [-0.25, -0.2) is 9.50 Å². The maximum Gasteiger partial charge on any atom is 0.276 e. The standard InChI is InChI=1S/C25H21ClN4O2/c1-3-17-7-9-18(10-8-17)21-14-23-25(31)29(11-12-30(23)28-21)15-22-16(2)32-24(27-22)19-5-4-6-20(26)13-19/h4-14H,3,15H2,1-2H3. The molecule has 0 spiro atoms. The van der Waals surface area contributed by atoms with Crippen LogP contribution >= 0.6 is 11.6 Å². The van der Waals surface area contributed by atoms with Crippen LogP contribution in [0, 0.1) is 6.92 Å². The van der Waals surface area contributed by atoms with Crippen molar-refractivity contribution >= 4 is 17.1 Å². The van der Waals surface area contributed by atoms with E-state index in [4.69, 9.17) is 16.0 Å².